The van der Waals surface area contributed by atoms with E-state index in [1.54, 1.807) is 0 Å². The molecule has 124 valence electrons. The van der Waals surface area contributed by atoms with Crippen LogP contribution in [0.5, 0.6) is 0 Å². The first kappa shape index (κ1) is 16.7. The van der Waals surface area contributed by atoms with E-state index in [2.05, 4.69) is 34.6 Å². The Kier molecular flexibility index (Phi) is 5.39. The minimum Gasteiger partial charge on any atom is -0.371 e. The lowest BCUT2D eigenvalue weighted by molar-refractivity contribution is 0.0683. The Bertz CT molecular complexity index is 501. The Hall–Kier alpha value is -1.63. The van der Waals surface area contributed by atoms with Crippen molar-refractivity contribution in [3.05, 3.63) is 11.7 Å². The van der Waals surface area contributed by atoms with Crippen LogP contribution in [0, 0.1) is 5.41 Å². The Morgan fingerprint density at radius 1 is 1.55 bits per heavy atom. The van der Waals surface area contributed by atoms with Crippen LogP contribution in [-0.2, 0) is 11.3 Å². The van der Waals surface area contributed by atoms with Crippen LogP contribution in [0.3, 0.4) is 0 Å². The number of hydrogen-bond acceptors (Lipinski definition) is 5. The highest BCUT2D eigenvalue weighted by Gasteiger charge is 2.35. The fraction of sp³-hybridized carbons (Fsp3) is 0.800. The van der Waals surface area contributed by atoms with Gasteiger partial charge in [0.25, 0.3) is 0 Å². The molecule has 1 aliphatic carbocycles. The number of nitrogens with zero attached hydrogens (tertiary/aromatic N) is 2. The maximum absolute atomic E-state index is 12.0. The fourth-order valence-corrected chi connectivity index (χ4v) is 2.79. The first-order valence-electron chi connectivity index (χ1n) is 7.91. The molecule has 0 saturated heterocycles. The summed E-state index contributed by atoms with van der Waals surface area (Å²) in [5.41, 5.74) is 0.155. The maximum Gasteiger partial charge on any atom is 0.315 e. The number of hydrogen-bond donors (Lipinski definition) is 2. The molecular formula is C15H26N4O3. The number of rotatable bonds is 6. The van der Waals surface area contributed by atoms with E-state index in [1.807, 2.05) is 13.8 Å². The SMILES string of the molecule is CCOC(C)c1noc(CNC(=O)NC2CCCC2(C)C)n1. The van der Waals surface area contributed by atoms with Crippen molar-refractivity contribution in [3.8, 4) is 0 Å². The molecule has 1 aliphatic rings. The quantitative estimate of drug-likeness (QED) is 0.843. The van der Waals surface area contributed by atoms with E-state index < -0.39 is 0 Å². The van der Waals surface area contributed by atoms with Crippen LogP contribution in [-0.4, -0.2) is 28.8 Å². The molecule has 2 rings (SSSR count). The van der Waals surface area contributed by atoms with Crippen molar-refractivity contribution in [2.24, 2.45) is 5.41 Å². The van der Waals surface area contributed by atoms with Gasteiger partial charge in [-0.15, -0.1) is 0 Å². The van der Waals surface area contributed by atoms with Gasteiger partial charge in [-0.3, -0.25) is 0 Å². The van der Waals surface area contributed by atoms with Crippen molar-refractivity contribution < 1.29 is 14.1 Å². The highest BCUT2D eigenvalue weighted by Crippen LogP contribution is 2.37. The third-order valence-corrected chi connectivity index (χ3v) is 4.23. The maximum atomic E-state index is 12.0. The lowest BCUT2D eigenvalue weighted by Gasteiger charge is -2.27. The molecule has 2 atom stereocenters. The third-order valence-electron chi connectivity index (χ3n) is 4.23. The molecule has 0 aromatic carbocycles. The van der Waals surface area contributed by atoms with Gasteiger partial charge in [0.05, 0.1) is 6.54 Å². The van der Waals surface area contributed by atoms with E-state index in [0.717, 1.165) is 19.3 Å². The van der Waals surface area contributed by atoms with E-state index >= 15 is 0 Å². The van der Waals surface area contributed by atoms with Crippen molar-refractivity contribution >= 4 is 6.03 Å². The van der Waals surface area contributed by atoms with E-state index in [1.165, 1.54) is 0 Å². The second-order valence-corrected chi connectivity index (χ2v) is 6.40. The van der Waals surface area contributed by atoms with Crippen LogP contribution in [0.25, 0.3) is 0 Å². The van der Waals surface area contributed by atoms with E-state index in [0.29, 0.717) is 18.3 Å². The van der Waals surface area contributed by atoms with Gasteiger partial charge >= 0.3 is 6.03 Å². The Labute approximate surface area is 131 Å². The van der Waals surface area contributed by atoms with Crippen LogP contribution >= 0.6 is 0 Å². The average Bonchev–Trinajstić information content (AvgIpc) is 3.04. The molecule has 2 amide bonds. The van der Waals surface area contributed by atoms with E-state index in [4.69, 9.17) is 9.26 Å². The number of nitrogens with one attached hydrogen (secondary N) is 2. The molecule has 1 aromatic heterocycles. The summed E-state index contributed by atoms with van der Waals surface area (Å²) in [7, 11) is 0. The zero-order valence-corrected chi connectivity index (χ0v) is 13.8. The van der Waals surface area contributed by atoms with E-state index in [-0.39, 0.29) is 30.1 Å². The molecule has 2 N–H and O–H groups in total. The Morgan fingerprint density at radius 3 is 2.95 bits per heavy atom. The van der Waals surface area contributed by atoms with Crippen molar-refractivity contribution in [1.82, 2.24) is 20.8 Å². The van der Waals surface area contributed by atoms with Crippen LogP contribution in [0.2, 0.25) is 0 Å². The number of carbonyl (C=O) groups is 1. The van der Waals surface area contributed by atoms with Crippen molar-refractivity contribution in [2.75, 3.05) is 6.61 Å². The molecule has 7 nitrogen and oxygen atoms in total. The molecule has 1 saturated carbocycles. The normalized spacial score (nSPS) is 21.5. The molecular weight excluding hydrogens is 284 g/mol. The van der Waals surface area contributed by atoms with Gasteiger partial charge in [-0.05, 0) is 32.1 Å². The number of ether oxygens (including phenoxy) is 1. The summed E-state index contributed by atoms with van der Waals surface area (Å²) in [4.78, 5) is 16.2. The smallest absolute Gasteiger partial charge is 0.315 e. The second kappa shape index (κ2) is 7.09. The van der Waals surface area contributed by atoms with Crippen LogP contribution < -0.4 is 10.6 Å². The van der Waals surface area contributed by atoms with Gasteiger partial charge in [-0.1, -0.05) is 25.4 Å². The fourth-order valence-electron chi connectivity index (χ4n) is 2.79. The van der Waals surface area contributed by atoms with Gasteiger partial charge in [0.2, 0.25) is 5.89 Å². The monoisotopic (exact) mass is 310 g/mol. The minimum absolute atomic E-state index is 0.155. The first-order valence-corrected chi connectivity index (χ1v) is 7.91. The van der Waals surface area contributed by atoms with Gasteiger partial charge in [0.15, 0.2) is 5.82 Å². The molecule has 0 spiro atoms. The molecule has 0 radical (unpaired) electrons. The standard InChI is InChI=1S/C15H26N4O3/c1-5-21-10(2)13-18-12(22-19-13)9-16-14(20)17-11-7-6-8-15(11,3)4/h10-11H,5-9H2,1-4H3,(H2,16,17,20). The predicted molar refractivity (Wildman–Crippen MR) is 81.1 cm³/mol. The third kappa shape index (κ3) is 4.19. The zero-order valence-electron chi connectivity index (χ0n) is 13.8. The number of urea groups is 1. The average molecular weight is 310 g/mol. The van der Waals surface area contributed by atoms with Crippen molar-refractivity contribution in [1.29, 1.82) is 0 Å². The summed E-state index contributed by atoms with van der Waals surface area (Å²) in [5, 5.41) is 9.64. The number of carbonyl (C=O) groups excluding carboxylic acids is 1. The molecule has 0 bridgehead atoms. The van der Waals surface area contributed by atoms with Gasteiger partial charge < -0.3 is 19.9 Å². The lowest BCUT2D eigenvalue weighted by atomic mass is 9.87. The zero-order chi connectivity index (χ0) is 16.2. The summed E-state index contributed by atoms with van der Waals surface area (Å²) < 4.78 is 10.5. The van der Waals surface area contributed by atoms with Crippen molar-refractivity contribution in [3.63, 3.8) is 0 Å². The van der Waals surface area contributed by atoms with Crippen LogP contribution in [0.4, 0.5) is 4.79 Å². The molecule has 7 heteroatoms. The van der Waals surface area contributed by atoms with Crippen LogP contribution in [0.1, 0.15) is 64.8 Å². The lowest BCUT2D eigenvalue weighted by Crippen LogP contribution is -2.46. The van der Waals surface area contributed by atoms with Crippen LogP contribution in [0.15, 0.2) is 4.52 Å². The number of aromatic nitrogens is 2. The summed E-state index contributed by atoms with van der Waals surface area (Å²) >= 11 is 0. The summed E-state index contributed by atoms with van der Waals surface area (Å²) in [5.74, 6) is 0.873. The molecule has 1 aromatic rings. The largest absolute Gasteiger partial charge is 0.371 e. The molecule has 22 heavy (non-hydrogen) atoms. The van der Waals surface area contributed by atoms with Gasteiger partial charge in [0.1, 0.15) is 6.10 Å². The number of amides is 2. The Morgan fingerprint density at radius 2 is 2.32 bits per heavy atom. The van der Waals surface area contributed by atoms with Crippen molar-refractivity contribution in [2.45, 2.75) is 65.6 Å². The minimum atomic E-state index is -0.212. The first-order chi connectivity index (χ1) is 10.4. The molecule has 2 unspecified atom stereocenters. The summed E-state index contributed by atoms with van der Waals surface area (Å²) in [6, 6.07) is 0.0151. The van der Waals surface area contributed by atoms with Gasteiger partial charge in [-0.25, -0.2) is 4.79 Å². The topological polar surface area (TPSA) is 89.3 Å². The van der Waals surface area contributed by atoms with Gasteiger partial charge in [0, 0.05) is 12.6 Å². The van der Waals surface area contributed by atoms with E-state index in [9.17, 15) is 4.79 Å². The van der Waals surface area contributed by atoms with Gasteiger partial charge in [-0.2, -0.15) is 4.98 Å². The summed E-state index contributed by atoms with van der Waals surface area (Å²) in [6.07, 6.45) is 3.10. The highest BCUT2D eigenvalue weighted by atomic mass is 16.5. The molecule has 0 aliphatic heterocycles. The Balaban J connectivity index is 1.79. The highest BCUT2D eigenvalue weighted by molar-refractivity contribution is 5.74. The molecule has 1 heterocycles. The predicted octanol–water partition coefficient (Wildman–Crippen LogP) is 2.55. The summed E-state index contributed by atoms with van der Waals surface area (Å²) in [6.45, 7) is 8.94. The second-order valence-electron chi connectivity index (χ2n) is 6.40. The molecule has 1 fully saturated rings.